The van der Waals surface area contributed by atoms with Gasteiger partial charge in [0.2, 0.25) is 0 Å². The molecule has 3 rings (SSSR count). The molecule has 96 valence electrons. The van der Waals surface area contributed by atoms with Crippen molar-refractivity contribution >= 4 is 33.5 Å². The molecule has 0 N–H and O–H groups in total. The fourth-order valence-electron chi connectivity index (χ4n) is 2.56. The summed E-state index contributed by atoms with van der Waals surface area (Å²) >= 11 is 2.35. The minimum atomic E-state index is 0.493. The van der Waals surface area contributed by atoms with Crippen LogP contribution in [0.15, 0.2) is 24.4 Å². The molecule has 4 heteroatoms. The predicted octanol–water partition coefficient (Wildman–Crippen LogP) is 3.60. The smallest absolute Gasteiger partial charge is 0.0692 e. The maximum Gasteiger partial charge on any atom is 0.0692 e. The zero-order valence-electron chi connectivity index (χ0n) is 10.3. The molecule has 0 spiro atoms. The third-order valence-corrected chi connectivity index (χ3v) is 4.20. The topological polar surface area (TPSA) is 27.1 Å². The Hall–Kier alpha value is -0.620. The lowest BCUT2D eigenvalue weighted by Gasteiger charge is -2.09. The number of aromatic nitrogens is 2. The molecule has 1 aliphatic heterocycles. The quantitative estimate of drug-likeness (QED) is 0.783. The van der Waals surface area contributed by atoms with Gasteiger partial charge in [-0.1, -0.05) is 6.07 Å². The molecule has 0 bridgehead atoms. The van der Waals surface area contributed by atoms with Crippen LogP contribution in [0.2, 0.25) is 0 Å². The summed E-state index contributed by atoms with van der Waals surface area (Å²) in [5.74, 6) is 0. The Bertz CT molecular complexity index is 532. The first-order valence-corrected chi connectivity index (χ1v) is 7.63. The largest absolute Gasteiger partial charge is 0.378 e. The zero-order valence-corrected chi connectivity index (χ0v) is 12.5. The highest BCUT2D eigenvalue weighted by Crippen LogP contribution is 2.20. The molecule has 3 nitrogen and oxygen atoms in total. The maximum atomic E-state index is 5.65. The Kier molecular flexibility index (Phi) is 3.84. The average molecular weight is 356 g/mol. The van der Waals surface area contributed by atoms with Crippen LogP contribution in [0.4, 0.5) is 0 Å². The number of hydrogen-bond donors (Lipinski definition) is 0. The Morgan fingerprint density at radius 2 is 2.39 bits per heavy atom. The van der Waals surface area contributed by atoms with Gasteiger partial charge in [-0.3, -0.25) is 4.68 Å². The van der Waals surface area contributed by atoms with Crippen LogP contribution < -0.4 is 0 Å². The van der Waals surface area contributed by atoms with E-state index in [4.69, 9.17) is 4.74 Å². The SMILES string of the molecule is Ic1ccc2cnn(CCCC3CCCO3)c2c1. The van der Waals surface area contributed by atoms with Gasteiger partial charge in [0.1, 0.15) is 0 Å². The Balaban J connectivity index is 1.65. The molecule has 0 saturated carbocycles. The number of rotatable bonds is 4. The minimum Gasteiger partial charge on any atom is -0.378 e. The van der Waals surface area contributed by atoms with Gasteiger partial charge in [-0.05, 0) is 60.4 Å². The van der Waals surface area contributed by atoms with Crippen molar-refractivity contribution in [3.05, 3.63) is 28.0 Å². The molecule has 2 heterocycles. The van der Waals surface area contributed by atoms with Crippen molar-refractivity contribution < 1.29 is 4.74 Å². The van der Waals surface area contributed by atoms with E-state index in [1.54, 1.807) is 0 Å². The van der Waals surface area contributed by atoms with E-state index < -0.39 is 0 Å². The fourth-order valence-corrected chi connectivity index (χ4v) is 3.04. The summed E-state index contributed by atoms with van der Waals surface area (Å²) in [5, 5.41) is 5.70. The van der Waals surface area contributed by atoms with Crippen molar-refractivity contribution in [2.75, 3.05) is 6.61 Å². The Labute approximate surface area is 121 Å². The lowest BCUT2D eigenvalue weighted by atomic mass is 10.1. The second kappa shape index (κ2) is 5.57. The Morgan fingerprint density at radius 1 is 1.44 bits per heavy atom. The van der Waals surface area contributed by atoms with Crippen LogP contribution in [0.5, 0.6) is 0 Å². The van der Waals surface area contributed by atoms with Gasteiger partial charge < -0.3 is 4.74 Å². The third-order valence-electron chi connectivity index (χ3n) is 3.53. The summed E-state index contributed by atoms with van der Waals surface area (Å²) < 4.78 is 9.03. The number of hydrogen-bond acceptors (Lipinski definition) is 2. The molecule has 0 radical (unpaired) electrons. The van der Waals surface area contributed by atoms with Crippen LogP contribution in [0.3, 0.4) is 0 Å². The average Bonchev–Trinajstić information content (AvgIpc) is 2.99. The van der Waals surface area contributed by atoms with Crippen LogP contribution in [-0.2, 0) is 11.3 Å². The third kappa shape index (κ3) is 2.69. The van der Waals surface area contributed by atoms with Crippen molar-refractivity contribution in [2.45, 2.75) is 38.3 Å². The van der Waals surface area contributed by atoms with Gasteiger partial charge in [-0.15, -0.1) is 0 Å². The van der Waals surface area contributed by atoms with E-state index in [1.807, 2.05) is 6.20 Å². The van der Waals surface area contributed by atoms with E-state index in [1.165, 1.54) is 27.3 Å². The summed E-state index contributed by atoms with van der Waals surface area (Å²) in [6.07, 6.45) is 7.22. The lowest BCUT2D eigenvalue weighted by Crippen LogP contribution is -2.07. The number of nitrogens with zero attached hydrogens (tertiary/aromatic N) is 2. The molecule has 1 unspecified atom stereocenters. The molecular formula is C14H17IN2O. The highest BCUT2D eigenvalue weighted by molar-refractivity contribution is 14.1. The molecule has 0 amide bonds. The molecule has 1 aromatic heterocycles. The lowest BCUT2D eigenvalue weighted by molar-refractivity contribution is 0.101. The zero-order chi connectivity index (χ0) is 12.4. The summed E-state index contributed by atoms with van der Waals surface area (Å²) in [6, 6.07) is 6.47. The number of halogens is 1. The van der Waals surface area contributed by atoms with Crippen molar-refractivity contribution in [3.8, 4) is 0 Å². The number of aryl methyl sites for hydroxylation is 1. The van der Waals surface area contributed by atoms with Gasteiger partial charge in [0.05, 0.1) is 17.8 Å². The summed E-state index contributed by atoms with van der Waals surface area (Å²) in [7, 11) is 0. The van der Waals surface area contributed by atoms with Crippen LogP contribution in [0.25, 0.3) is 10.9 Å². The highest BCUT2D eigenvalue weighted by Gasteiger charge is 2.14. The highest BCUT2D eigenvalue weighted by atomic mass is 127. The molecule has 1 atom stereocenters. The van der Waals surface area contributed by atoms with E-state index >= 15 is 0 Å². The first kappa shape index (κ1) is 12.4. The standard InChI is InChI=1S/C14H17IN2O/c15-12-6-5-11-10-16-17(14(11)9-12)7-1-3-13-4-2-8-18-13/h5-6,9-10,13H,1-4,7-8H2. The second-order valence-electron chi connectivity index (χ2n) is 4.85. The number of benzene rings is 1. The van der Waals surface area contributed by atoms with Gasteiger partial charge in [0, 0.05) is 22.1 Å². The van der Waals surface area contributed by atoms with Crippen LogP contribution >= 0.6 is 22.6 Å². The molecule has 2 aromatic rings. The van der Waals surface area contributed by atoms with Gasteiger partial charge in [-0.25, -0.2) is 0 Å². The van der Waals surface area contributed by atoms with E-state index in [2.05, 4.69) is 50.6 Å². The van der Waals surface area contributed by atoms with Crippen molar-refractivity contribution in [2.24, 2.45) is 0 Å². The van der Waals surface area contributed by atoms with Gasteiger partial charge in [0.25, 0.3) is 0 Å². The number of ether oxygens (including phenoxy) is 1. The van der Waals surface area contributed by atoms with Crippen molar-refractivity contribution in [1.29, 1.82) is 0 Å². The second-order valence-corrected chi connectivity index (χ2v) is 6.09. The van der Waals surface area contributed by atoms with E-state index in [-0.39, 0.29) is 0 Å². The van der Waals surface area contributed by atoms with Crippen LogP contribution in [0, 0.1) is 3.57 Å². The molecule has 18 heavy (non-hydrogen) atoms. The number of fused-ring (bicyclic) bond motifs is 1. The summed E-state index contributed by atoms with van der Waals surface area (Å²) in [4.78, 5) is 0. The predicted molar refractivity (Wildman–Crippen MR) is 80.7 cm³/mol. The molecule has 1 saturated heterocycles. The first-order valence-electron chi connectivity index (χ1n) is 6.55. The summed E-state index contributed by atoms with van der Waals surface area (Å²) in [5.41, 5.74) is 1.24. The molecule has 0 aliphatic carbocycles. The van der Waals surface area contributed by atoms with E-state index in [0.717, 1.165) is 26.0 Å². The molecule has 1 aromatic carbocycles. The molecular weight excluding hydrogens is 339 g/mol. The van der Waals surface area contributed by atoms with Crippen LogP contribution in [-0.4, -0.2) is 22.5 Å². The van der Waals surface area contributed by atoms with Crippen molar-refractivity contribution in [1.82, 2.24) is 9.78 Å². The first-order chi connectivity index (χ1) is 8.83. The summed E-state index contributed by atoms with van der Waals surface area (Å²) in [6.45, 7) is 1.94. The van der Waals surface area contributed by atoms with Gasteiger partial charge in [-0.2, -0.15) is 5.10 Å². The van der Waals surface area contributed by atoms with Crippen molar-refractivity contribution in [3.63, 3.8) is 0 Å². The molecule has 1 fully saturated rings. The van der Waals surface area contributed by atoms with Gasteiger partial charge in [0.15, 0.2) is 0 Å². The minimum absolute atomic E-state index is 0.493. The van der Waals surface area contributed by atoms with Gasteiger partial charge >= 0.3 is 0 Å². The normalized spacial score (nSPS) is 19.7. The monoisotopic (exact) mass is 356 g/mol. The fraction of sp³-hybridized carbons (Fsp3) is 0.500. The maximum absolute atomic E-state index is 5.65. The van der Waals surface area contributed by atoms with E-state index in [9.17, 15) is 0 Å². The van der Waals surface area contributed by atoms with Crippen LogP contribution in [0.1, 0.15) is 25.7 Å². The molecule has 1 aliphatic rings. The van der Waals surface area contributed by atoms with E-state index in [0.29, 0.717) is 6.10 Å². The Morgan fingerprint density at radius 3 is 3.22 bits per heavy atom.